The Kier molecular flexibility index (Phi) is 10.3. The van der Waals surface area contributed by atoms with Gasteiger partial charge < -0.3 is 24.8 Å². The highest BCUT2D eigenvalue weighted by Gasteiger charge is 2.24. The summed E-state index contributed by atoms with van der Waals surface area (Å²) in [6.45, 7) is 8.05. The first-order valence-electron chi connectivity index (χ1n) is 14.3. The average molecular weight is 581 g/mol. The molecule has 1 aliphatic heterocycles. The van der Waals surface area contributed by atoms with Crippen LogP contribution in [0, 0.1) is 0 Å². The summed E-state index contributed by atoms with van der Waals surface area (Å²) in [5, 5.41) is 14.5. The van der Waals surface area contributed by atoms with E-state index >= 15 is 0 Å². The average Bonchev–Trinajstić information content (AvgIpc) is 3.62. The van der Waals surface area contributed by atoms with E-state index in [9.17, 15) is 14.4 Å². The lowest BCUT2D eigenvalue weighted by atomic mass is 10.1. The number of anilines is 1. The van der Waals surface area contributed by atoms with E-state index in [1.807, 2.05) is 43.8 Å². The fourth-order valence-electron chi connectivity index (χ4n) is 4.62. The fraction of sp³-hybridized carbons (Fsp3) is 0.500. The van der Waals surface area contributed by atoms with Crippen LogP contribution in [-0.2, 0) is 20.8 Å². The summed E-state index contributed by atoms with van der Waals surface area (Å²) in [7, 11) is 1.29. The van der Waals surface area contributed by atoms with Crippen LogP contribution >= 0.6 is 0 Å². The minimum Gasteiger partial charge on any atom is -0.464 e. The fourth-order valence-corrected chi connectivity index (χ4v) is 4.62. The lowest BCUT2D eigenvalue weighted by molar-refractivity contribution is 0.0525. The third kappa shape index (κ3) is 8.65. The Morgan fingerprint density at radius 1 is 1.07 bits per heavy atom. The maximum Gasteiger partial charge on any atom is 0.407 e. The first-order valence-corrected chi connectivity index (χ1v) is 14.3. The van der Waals surface area contributed by atoms with Gasteiger partial charge in [0.1, 0.15) is 5.60 Å². The van der Waals surface area contributed by atoms with E-state index in [1.54, 1.807) is 29.2 Å². The maximum absolute atomic E-state index is 13.2. The van der Waals surface area contributed by atoms with Gasteiger partial charge in [-0.15, -0.1) is 0 Å². The summed E-state index contributed by atoms with van der Waals surface area (Å²) in [5.74, 6) is -0.975. The van der Waals surface area contributed by atoms with Gasteiger partial charge in [-0.05, 0) is 70.6 Å². The van der Waals surface area contributed by atoms with E-state index < -0.39 is 17.7 Å². The van der Waals surface area contributed by atoms with E-state index in [0.717, 1.165) is 49.8 Å². The molecule has 0 aliphatic carbocycles. The number of carbonyl (C=O) groups excluding carboxylic acids is 3. The maximum atomic E-state index is 13.2. The third-order valence-electron chi connectivity index (χ3n) is 6.75. The molecule has 3 heterocycles. The van der Waals surface area contributed by atoms with Crippen LogP contribution in [-0.4, -0.2) is 70.0 Å². The highest BCUT2D eigenvalue weighted by atomic mass is 16.6. The van der Waals surface area contributed by atoms with Gasteiger partial charge in [0.25, 0.3) is 5.91 Å². The number of aromatic nitrogens is 4. The Bertz CT molecular complexity index is 1370. The summed E-state index contributed by atoms with van der Waals surface area (Å²) in [4.78, 5) is 37.3. The van der Waals surface area contributed by atoms with Gasteiger partial charge in [-0.25, -0.2) is 9.59 Å². The molecule has 0 saturated carbocycles. The molecule has 2 aromatic heterocycles. The number of amides is 2. The van der Waals surface area contributed by atoms with Crippen LogP contribution in [0.3, 0.4) is 0 Å². The molecule has 0 unspecified atom stereocenters. The van der Waals surface area contributed by atoms with Crippen molar-refractivity contribution < 1.29 is 28.6 Å². The van der Waals surface area contributed by atoms with Crippen LogP contribution in [0.15, 0.2) is 42.9 Å². The number of methoxy groups -OCH3 is 1. The van der Waals surface area contributed by atoms with Gasteiger partial charge in [-0.2, -0.15) is 10.2 Å². The normalized spacial score (nSPS) is 13.9. The van der Waals surface area contributed by atoms with Crippen LogP contribution in [0.4, 0.5) is 10.5 Å². The Balaban J connectivity index is 1.32. The molecule has 12 heteroatoms. The molecule has 2 amide bonds. The number of nitrogens with zero attached hydrogens (tertiary/aromatic N) is 4. The Labute approximate surface area is 245 Å². The Hall–Kier alpha value is -4.19. The molecule has 12 nitrogen and oxygen atoms in total. The van der Waals surface area contributed by atoms with Gasteiger partial charge in [0.15, 0.2) is 5.69 Å². The summed E-state index contributed by atoms with van der Waals surface area (Å²) in [6.07, 6.45) is 9.23. The van der Waals surface area contributed by atoms with Crippen LogP contribution in [0.2, 0.25) is 0 Å². The van der Waals surface area contributed by atoms with Crippen molar-refractivity contribution in [2.75, 3.05) is 32.2 Å². The zero-order valence-corrected chi connectivity index (χ0v) is 24.7. The number of rotatable bonds is 11. The van der Waals surface area contributed by atoms with Crippen molar-refractivity contribution in [2.24, 2.45) is 0 Å². The molecule has 0 atom stereocenters. The predicted molar refractivity (Wildman–Crippen MR) is 156 cm³/mol. The van der Waals surface area contributed by atoms with Gasteiger partial charge >= 0.3 is 12.1 Å². The first-order chi connectivity index (χ1) is 20.1. The molecule has 0 spiro atoms. The number of aryl methyl sites for hydroxylation is 1. The number of alkyl carbamates (subject to hydrolysis) is 1. The predicted octanol–water partition coefficient (Wildman–Crippen LogP) is 4.83. The van der Waals surface area contributed by atoms with Crippen molar-refractivity contribution in [3.63, 3.8) is 0 Å². The molecule has 1 aromatic carbocycles. The number of nitrogens with one attached hydrogen (secondary N) is 2. The van der Waals surface area contributed by atoms with Gasteiger partial charge in [-0.1, -0.05) is 12.1 Å². The Morgan fingerprint density at radius 3 is 2.60 bits per heavy atom. The molecule has 1 aliphatic rings. The van der Waals surface area contributed by atoms with Gasteiger partial charge in [0.2, 0.25) is 0 Å². The lowest BCUT2D eigenvalue weighted by Crippen LogP contribution is -2.33. The van der Waals surface area contributed by atoms with Crippen LogP contribution in [0.5, 0.6) is 0 Å². The zero-order chi connectivity index (χ0) is 30.1. The summed E-state index contributed by atoms with van der Waals surface area (Å²) < 4.78 is 19.1. The standard InChI is InChI=1S/C30H40N6O6/c1-30(2,3)42-29(39)31-13-6-5-7-14-35-19-23(18-32-35)21-9-8-10-22(17-21)27(37)33-25-20-36(24-11-15-41-16-12-24)34-26(25)28(38)40-4/h8-10,17-20,24H,5-7,11-16H2,1-4H3,(H,31,39)(H,33,37). The van der Waals surface area contributed by atoms with Crippen molar-refractivity contribution in [3.05, 3.63) is 54.1 Å². The quantitative estimate of drug-likeness (QED) is 0.243. The number of unbranched alkanes of at least 4 members (excludes halogenated alkanes) is 2. The second-order valence-electron chi connectivity index (χ2n) is 11.2. The van der Waals surface area contributed by atoms with Crippen molar-refractivity contribution in [1.82, 2.24) is 24.9 Å². The molecule has 0 bridgehead atoms. The largest absolute Gasteiger partial charge is 0.464 e. The minimum absolute atomic E-state index is 0.0652. The molecule has 2 N–H and O–H groups in total. The number of carbonyl (C=O) groups is 3. The molecular formula is C30H40N6O6. The van der Waals surface area contributed by atoms with Gasteiger partial charge in [0.05, 0.1) is 25.0 Å². The highest BCUT2D eigenvalue weighted by Crippen LogP contribution is 2.26. The second kappa shape index (κ2) is 14.1. The molecule has 1 saturated heterocycles. The van der Waals surface area contributed by atoms with E-state index in [1.165, 1.54) is 7.11 Å². The molecule has 226 valence electrons. The van der Waals surface area contributed by atoms with E-state index in [0.29, 0.717) is 31.0 Å². The zero-order valence-electron chi connectivity index (χ0n) is 24.7. The van der Waals surface area contributed by atoms with Gasteiger partial charge in [-0.3, -0.25) is 14.2 Å². The SMILES string of the molecule is COC(=O)c1nn(C2CCOCC2)cc1NC(=O)c1cccc(-c2cnn(CCCCCNC(=O)OC(C)(C)C)c2)c1. The Morgan fingerprint density at radius 2 is 1.86 bits per heavy atom. The van der Waals surface area contributed by atoms with Crippen LogP contribution < -0.4 is 10.6 Å². The minimum atomic E-state index is -0.614. The molecule has 1 fully saturated rings. The van der Waals surface area contributed by atoms with E-state index in [4.69, 9.17) is 14.2 Å². The number of hydrogen-bond donors (Lipinski definition) is 2. The van der Waals surface area contributed by atoms with Crippen molar-refractivity contribution in [3.8, 4) is 11.1 Å². The topological polar surface area (TPSA) is 139 Å². The number of benzene rings is 1. The van der Waals surface area contributed by atoms with Crippen molar-refractivity contribution in [2.45, 2.75) is 71.1 Å². The smallest absolute Gasteiger partial charge is 0.407 e. The molecule has 42 heavy (non-hydrogen) atoms. The molecule has 3 aromatic rings. The highest BCUT2D eigenvalue weighted by molar-refractivity contribution is 6.07. The summed E-state index contributed by atoms with van der Waals surface area (Å²) in [5.41, 5.74) is 2.04. The van der Waals surface area contributed by atoms with Crippen LogP contribution in [0.25, 0.3) is 11.1 Å². The van der Waals surface area contributed by atoms with Crippen LogP contribution in [0.1, 0.15) is 79.8 Å². The monoisotopic (exact) mass is 580 g/mol. The third-order valence-corrected chi connectivity index (χ3v) is 6.75. The van der Waals surface area contributed by atoms with Crippen molar-refractivity contribution in [1.29, 1.82) is 0 Å². The summed E-state index contributed by atoms with van der Waals surface area (Å²) in [6, 6.07) is 7.33. The number of esters is 1. The number of ether oxygens (including phenoxy) is 3. The van der Waals surface area contributed by atoms with E-state index in [2.05, 4.69) is 20.8 Å². The lowest BCUT2D eigenvalue weighted by Gasteiger charge is -2.22. The first kappa shape index (κ1) is 30.8. The second-order valence-corrected chi connectivity index (χ2v) is 11.2. The van der Waals surface area contributed by atoms with E-state index in [-0.39, 0.29) is 17.6 Å². The molecular weight excluding hydrogens is 540 g/mol. The summed E-state index contributed by atoms with van der Waals surface area (Å²) >= 11 is 0. The van der Waals surface area contributed by atoms with Gasteiger partial charge in [0, 0.05) is 49.8 Å². The number of hydrogen-bond acceptors (Lipinski definition) is 8. The molecule has 0 radical (unpaired) electrons. The van der Waals surface area contributed by atoms with Crippen molar-refractivity contribution >= 4 is 23.7 Å². The molecule has 4 rings (SSSR count).